The van der Waals surface area contributed by atoms with Gasteiger partial charge in [0.05, 0.1) is 36.9 Å². The van der Waals surface area contributed by atoms with Crippen molar-refractivity contribution in [1.82, 2.24) is 19.5 Å². The smallest absolute Gasteiger partial charge is 0.254 e. The third kappa shape index (κ3) is 4.08. The molecule has 182 valence electrons. The minimum absolute atomic E-state index is 0.0124. The number of likely N-dealkylation sites (tertiary alicyclic amines) is 1. The molecule has 2 saturated heterocycles. The summed E-state index contributed by atoms with van der Waals surface area (Å²) in [6.45, 7) is 5.38. The Kier molecular flexibility index (Phi) is 6.07. The van der Waals surface area contributed by atoms with Gasteiger partial charge in [-0.1, -0.05) is 6.07 Å². The van der Waals surface area contributed by atoms with Gasteiger partial charge in [-0.15, -0.1) is 0 Å². The number of aryl methyl sites for hydroxylation is 1. The lowest BCUT2D eigenvalue weighted by atomic mass is 9.97. The van der Waals surface area contributed by atoms with E-state index >= 15 is 0 Å². The van der Waals surface area contributed by atoms with E-state index < -0.39 is 12.0 Å². The van der Waals surface area contributed by atoms with Crippen LogP contribution in [0.3, 0.4) is 0 Å². The van der Waals surface area contributed by atoms with Crippen molar-refractivity contribution in [2.45, 2.75) is 45.3 Å². The van der Waals surface area contributed by atoms with Gasteiger partial charge in [0.25, 0.3) is 5.91 Å². The van der Waals surface area contributed by atoms with Crippen molar-refractivity contribution in [3.63, 3.8) is 0 Å². The van der Waals surface area contributed by atoms with E-state index in [1.165, 1.54) is 0 Å². The number of anilines is 1. The zero-order valence-electron chi connectivity index (χ0n) is 20.3. The number of aromatic nitrogens is 3. The highest BCUT2D eigenvalue weighted by Gasteiger charge is 2.34. The Morgan fingerprint density at radius 1 is 1.26 bits per heavy atom. The summed E-state index contributed by atoms with van der Waals surface area (Å²) in [5.41, 5.74) is 3.91. The standard InChI is InChI=1S/C26H30N6O3/c1-16-13-32-24(28-25(16)30-14-18(12-27)22(33)15-30)11-20(29-32)21-8-4-5-10-31(21)26(34)19-7-6-9-23(35-3)17(19)2/h6-7,9,11,13,18,21-22,33H,4-5,8,10,14-15H2,1-3H3. The zero-order valence-corrected chi connectivity index (χ0v) is 20.3. The third-order valence-corrected chi connectivity index (χ3v) is 7.22. The number of nitrogens with zero attached hydrogens (tertiary/aromatic N) is 6. The van der Waals surface area contributed by atoms with Gasteiger partial charge in [-0.05, 0) is 45.2 Å². The molecule has 9 heteroatoms. The fourth-order valence-corrected chi connectivity index (χ4v) is 5.29. The van der Waals surface area contributed by atoms with E-state index in [9.17, 15) is 15.2 Å². The Labute approximate surface area is 204 Å². The van der Waals surface area contributed by atoms with Gasteiger partial charge in [-0.2, -0.15) is 10.4 Å². The molecular formula is C26H30N6O3. The number of aliphatic hydroxyl groups is 1. The Morgan fingerprint density at radius 2 is 2.09 bits per heavy atom. The van der Waals surface area contributed by atoms with Crippen molar-refractivity contribution >= 4 is 17.4 Å². The number of β-amino-alcohol motifs (C(OH)–C–C–N with tert-alkyl or cyclic N) is 1. The minimum atomic E-state index is -0.681. The quantitative estimate of drug-likeness (QED) is 0.619. The molecule has 0 spiro atoms. The fourth-order valence-electron chi connectivity index (χ4n) is 5.29. The number of fused-ring (bicyclic) bond motifs is 1. The molecule has 35 heavy (non-hydrogen) atoms. The number of nitriles is 1. The summed E-state index contributed by atoms with van der Waals surface area (Å²) < 4.78 is 7.19. The number of amides is 1. The normalized spacial score (nSPS) is 22.4. The number of hydrogen-bond acceptors (Lipinski definition) is 7. The van der Waals surface area contributed by atoms with E-state index in [0.29, 0.717) is 36.6 Å². The van der Waals surface area contributed by atoms with Gasteiger partial charge in [0.1, 0.15) is 11.6 Å². The molecule has 3 atom stereocenters. The van der Waals surface area contributed by atoms with E-state index in [2.05, 4.69) is 6.07 Å². The van der Waals surface area contributed by atoms with Crippen molar-refractivity contribution in [3.05, 3.63) is 52.8 Å². The van der Waals surface area contributed by atoms with Crippen LogP contribution in [0.15, 0.2) is 30.5 Å². The largest absolute Gasteiger partial charge is 0.496 e. The Morgan fingerprint density at radius 3 is 2.83 bits per heavy atom. The summed E-state index contributed by atoms with van der Waals surface area (Å²) in [5.74, 6) is 1.02. The molecule has 3 unspecified atom stereocenters. The molecule has 1 amide bonds. The molecule has 0 aliphatic carbocycles. The van der Waals surface area contributed by atoms with Crippen molar-refractivity contribution in [3.8, 4) is 11.8 Å². The van der Waals surface area contributed by atoms with Crippen molar-refractivity contribution in [2.24, 2.45) is 5.92 Å². The second-order valence-corrected chi connectivity index (χ2v) is 9.47. The zero-order chi connectivity index (χ0) is 24.7. The van der Waals surface area contributed by atoms with Crippen LogP contribution in [-0.4, -0.2) is 63.4 Å². The van der Waals surface area contributed by atoms with Crippen molar-refractivity contribution < 1.29 is 14.6 Å². The lowest BCUT2D eigenvalue weighted by Gasteiger charge is -2.35. The average Bonchev–Trinajstić information content (AvgIpc) is 3.45. The minimum Gasteiger partial charge on any atom is -0.496 e. The summed E-state index contributed by atoms with van der Waals surface area (Å²) in [6.07, 6.45) is 4.07. The first-order valence-electron chi connectivity index (χ1n) is 12.1. The van der Waals surface area contributed by atoms with Crippen molar-refractivity contribution in [1.29, 1.82) is 5.26 Å². The molecule has 3 aromatic rings. The molecule has 0 saturated carbocycles. The lowest BCUT2D eigenvalue weighted by molar-refractivity contribution is 0.0604. The molecule has 2 aliphatic heterocycles. The molecule has 2 aliphatic rings. The Balaban J connectivity index is 1.47. The number of ether oxygens (including phenoxy) is 1. The molecule has 1 aromatic carbocycles. The number of carbonyl (C=O) groups is 1. The van der Waals surface area contributed by atoms with Gasteiger partial charge in [-0.3, -0.25) is 4.79 Å². The number of benzene rings is 1. The maximum atomic E-state index is 13.6. The maximum Gasteiger partial charge on any atom is 0.254 e. The first kappa shape index (κ1) is 23.1. The molecule has 2 fully saturated rings. The number of hydrogen-bond donors (Lipinski definition) is 1. The van der Waals surface area contributed by atoms with Crippen LogP contribution >= 0.6 is 0 Å². The maximum absolute atomic E-state index is 13.6. The van der Waals surface area contributed by atoms with Gasteiger partial charge in [0.2, 0.25) is 0 Å². The van der Waals surface area contributed by atoms with E-state index in [4.69, 9.17) is 14.8 Å². The Bertz CT molecular complexity index is 1310. The summed E-state index contributed by atoms with van der Waals surface area (Å²) in [5, 5.41) is 24.3. The average molecular weight is 475 g/mol. The molecule has 4 heterocycles. The first-order chi connectivity index (χ1) is 16.9. The highest BCUT2D eigenvalue weighted by Crippen LogP contribution is 2.34. The number of carbonyl (C=O) groups excluding carboxylic acids is 1. The van der Waals surface area contributed by atoms with Crippen LogP contribution in [0.5, 0.6) is 5.75 Å². The molecule has 0 radical (unpaired) electrons. The van der Waals surface area contributed by atoms with Crippen molar-refractivity contribution in [2.75, 3.05) is 31.6 Å². The molecular weight excluding hydrogens is 444 g/mol. The van der Waals surface area contributed by atoms with Crippen LogP contribution < -0.4 is 9.64 Å². The molecule has 5 rings (SSSR count). The topological polar surface area (TPSA) is 107 Å². The number of aliphatic hydroxyl groups excluding tert-OH is 1. The third-order valence-electron chi connectivity index (χ3n) is 7.22. The summed E-state index contributed by atoms with van der Waals surface area (Å²) in [6, 6.07) is 9.56. The van der Waals surface area contributed by atoms with Crippen LogP contribution in [0.4, 0.5) is 5.82 Å². The first-order valence-corrected chi connectivity index (χ1v) is 12.1. The van der Waals surface area contributed by atoms with Gasteiger partial charge < -0.3 is 19.6 Å². The number of methoxy groups -OCH3 is 1. The predicted octanol–water partition coefficient (Wildman–Crippen LogP) is 3.04. The molecule has 9 nitrogen and oxygen atoms in total. The second kappa shape index (κ2) is 9.19. The number of piperidine rings is 1. The van der Waals surface area contributed by atoms with Gasteiger partial charge in [0, 0.05) is 48.6 Å². The summed E-state index contributed by atoms with van der Waals surface area (Å²) in [7, 11) is 1.61. The van der Waals surface area contributed by atoms with Crippen LogP contribution in [0.1, 0.15) is 52.5 Å². The monoisotopic (exact) mass is 474 g/mol. The SMILES string of the molecule is COc1cccc(C(=O)N2CCCCC2c2cc3nc(N4CC(O)C(C#N)C4)c(C)cn3n2)c1C. The molecule has 0 bridgehead atoms. The van der Waals surface area contributed by atoms with Gasteiger partial charge in [-0.25, -0.2) is 9.50 Å². The van der Waals surface area contributed by atoms with E-state index in [1.807, 2.05) is 54.1 Å². The molecule has 1 N–H and O–H groups in total. The van der Waals surface area contributed by atoms with Gasteiger partial charge >= 0.3 is 0 Å². The second-order valence-electron chi connectivity index (χ2n) is 9.47. The lowest BCUT2D eigenvalue weighted by Crippen LogP contribution is -2.39. The van der Waals surface area contributed by atoms with E-state index in [-0.39, 0.29) is 11.9 Å². The van der Waals surface area contributed by atoms with Gasteiger partial charge in [0.15, 0.2) is 5.65 Å². The molecule has 2 aromatic heterocycles. The van der Waals surface area contributed by atoms with E-state index in [0.717, 1.165) is 41.9 Å². The Hall–Kier alpha value is -3.64. The van der Waals surface area contributed by atoms with Crippen LogP contribution in [-0.2, 0) is 0 Å². The highest BCUT2D eigenvalue weighted by atomic mass is 16.5. The summed E-state index contributed by atoms with van der Waals surface area (Å²) in [4.78, 5) is 22.3. The van der Waals surface area contributed by atoms with Crippen LogP contribution in [0.25, 0.3) is 5.65 Å². The summed E-state index contributed by atoms with van der Waals surface area (Å²) >= 11 is 0. The highest BCUT2D eigenvalue weighted by molar-refractivity contribution is 5.96. The van der Waals surface area contributed by atoms with Crippen LogP contribution in [0, 0.1) is 31.1 Å². The number of rotatable bonds is 4. The predicted molar refractivity (Wildman–Crippen MR) is 130 cm³/mol. The van der Waals surface area contributed by atoms with E-state index in [1.54, 1.807) is 11.6 Å². The fraction of sp³-hybridized carbons (Fsp3) is 0.462. The van der Waals surface area contributed by atoms with Crippen LogP contribution in [0.2, 0.25) is 0 Å².